The average molecular weight is 501 g/mol. The summed E-state index contributed by atoms with van der Waals surface area (Å²) in [6, 6.07) is 15.0. The van der Waals surface area contributed by atoms with Crippen molar-refractivity contribution in [3.63, 3.8) is 0 Å². The largest absolute Gasteiger partial charge is 0.497 e. The van der Waals surface area contributed by atoms with E-state index < -0.39 is 23.8 Å². The number of hydrogen-bond donors (Lipinski definition) is 1. The van der Waals surface area contributed by atoms with Gasteiger partial charge in [-0.05, 0) is 43.3 Å². The zero-order chi connectivity index (χ0) is 25.7. The monoisotopic (exact) mass is 501 g/mol. The first kappa shape index (κ1) is 24.8. The molecule has 1 atom stereocenters. The van der Waals surface area contributed by atoms with Gasteiger partial charge in [0.05, 0.1) is 19.2 Å². The van der Waals surface area contributed by atoms with E-state index in [1.54, 1.807) is 19.2 Å². The van der Waals surface area contributed by atoms with E-state index in [0.29, 0.717) is 17.2 Å². The van der Waals surface area contributed by atoms with Crippen LogP contribution in [0.1, 0.15) is 12.5 Å². The van der Waals surface area contributed by atoms with Crippen LogP contribution in [0, 0.1) is 0 Å². The molecule has 188 valence electrons. The van der Waals surface area contributed by atoms with Crippen molar-refractivity contribution >= 4 is 11.6 Å². The standard InChI is InChI=1S/C24H22F3N5O4/c1-15(36-19-8-4-6-17(14-19)24(25,26)27)23(33)28-11-12-35-21-10-9-20-29-30-22(32(20)31-21)16-5-3-7-18(13-16)34-2/h3-10,13-15H,11-12H2,1-2H3,(H,28,33). The highest BCUT2D eigenvalue weighted by atomic mass is 19.4. The van der Waals surface area contributed by atoms with Gasteiger partial charge in [-0.1, -0.05) is 18.2 Å². The fourth-order valence-corrected chi connectivity index (χ4v) is 3.27. The van der Waals surface area contributed by atoms with Crippen LogP contribution in [0.2, 0.25) is 0 Å². The number of benzene rings is 2. The molecule has 2 aromatic heterocycles. The van der Waals surface area contributed by atoms with E-state index in [1.165, 1.54) is 23.6 Å². The summed E-state index contributed by atoms with van der Waals surface area (Å²) in [5, 5.41) is 15.3. The van der Waals surface area contributed by atoms with Gasteiger partial charge in [-0.15, -0.1) is 15.3 Å². The summed E-state index contributed by atoms with van der Waals surface area (Å²) in [5.74, 6) is 0.899. The van der Waals surface area contributed by atoms with Crippen LogP contribution >= 0.6 is 0 Å². The number of methoxy groups -OCH3 is 1. The lowest BCUT2D eigenvalue weighted by atomic mass is 10.2. The average Bonchev–Trinajstić information content (AvgIpc) is 3.29. The van der Waals surface area contributed by atoms with Crippen molar-refractivity contribution in [3.05, 3.63) is 66.2 Å². The second kappa shape index (κ2) is 10.5. The third-order valence-electron chi connectivity index (χ3n) is 5.06. The molecule has 0 aliphatic carbocycles. The molecule has 0 spiro atoms. The molecule has 2 aromatic carbocycles. The number of amides is 1. The second-order valence-corrected chi connectivity index (χ2v) is 7.62. The van der Waals surface area contributed by atoms with E-state index in [0.717, 1.165) is 17.7 Å². The van der Waals surface area contributed by atoms with E-state index in [1.807, 2.05) is 24.3 Å². The third kappa shape index (κ3) is 5.82. The Morgan fingerprint density at radius 2 is 1.83 bits per heavy atom. The summed E-state index contributed by atoms with van der Waals surface area (Å²) in [5.41, 5.74) is 0.427. The maximum Gasteiger partial charge on any atom is 0.416 e. The normalized spacial score (nSPS) is 12.2. The highest BCUT2D eigenvalue weighted by molar-refractivity contribution is 5.80. The fourth-order valence-electron chi connectivity index (χ4n) is 3.27. The van der Waals surface area contributed by atoms with Crippen LogP contribution in [-0.2, 0) is 11.0 Å². The van der Waals surface area contributed by atoms with Gasteiger partial charge in [0.15, 0.2) is 17.6 Å². The van der Waals surface area contributed by atoms with Crippen molar-refractivity contribution in [1.82, 2.24) is 25.1 Å². The van der Waals surface area contributed by atoms with Crippen molar-refractivity contribution < 1.29 is 32.2 Å². The number of hydrogen-bond acceptors (Lipinski definition) is 7. The number of nitrogens with zero attached hydrogens (tertiary/aromatic N) is 4. The minimum absolute atomic E-state index is 0.0537. The summed E-state index contributed by atoms with van der Waals surface area (Å²) in [6.45, 7) is 1.66. The zero-order valence-electron chi connectivity index (χ0n) is 19.3. The van der Waals surface area contributed by atoms with Crippen molar-refractivity contribution in [2.75, 3.05) is 20.3 Å². The van der Waals surface area contributed by atoms with Crippen LogP contribution in [-0.4, -0.2) is 52.1 Å². The van der Waals surface area contributed by atoms with Crippen LogP contribution in [0.4, 0.5) is 13.2 Å². The Bertz CT molecular complexity index is 1360. The van der Waals surface area contributed by atoms with Crippen molar-refractivity contribution in [2.45, 2.75) is 19.2 Å². The molecule has 12 heteroatoms. The molecule has 0 bridgehead atoms. The lowest BCUT2D eigenvalue weighted by molar-refractivity contribution is -0.137. The van der Waals surface area contributed by atoms with Gasteiger partial charge in [-0.25, -0.2) is 0 Å². The number of carbonyl (C=O) groups is 1. The molecule has 1 N–H and O–H groups in total. The number of fused-ring (bicyclic) bond motifs is 1. The third-order valence-corrected chi connectivity index (χ3v) is 5.06. The second-order valence-electron chi connectivity index (χ2n) is 7.62. The summed E-state index contributed by atoms with van der Waals surface area (Å²) in [4.78, 5) is 12.3. The van der Waals surface area contributed by atoms with Crippen molar-refractivity contribution in [3.8, 4) is 28.8 Å². The molecule has 1 amide bonds. The predicted octanol–water partition coefficient (Wildman–Crippen LogP) is 3.78. The fraction of sp³-hybridized carbons (Fsp3) is 0.250. The number of carbonyl (C=O) groups excluding carboxylic acids is 1. The van der Waals surface area contributed by atoms with Crippen LogP contribution in [0.5, 0.6) is 17.4 Å². The number of alkyl halides is 3. The van der Waals surface area contributed by atoms with Gasteiger partial charge in [-0.3, -0.25) is 4.79 Å². The number of ether oxygens (including phenoxy) is 3. The maximum atomic E-state index is 12.8. The molecule has 0 aliphatic heterocycles. The first-order valence-corrected chi connectivity index (χ1v) is 10.9. The maximum absolute atomic E-state index is 12.8. The van der Waals surface area contributed by atoms with E-state index in [9.17, 15) is 18.0 Å². The smallest absolute Gasteiger partial charge is 0.416 e. The van der Waals surface area contributed by atoms with Gasteiger partial charge < -0.3 is 19.5 Å². The first-order chi connectivity index (χ1) is 17.2. The molecule has 2 heterocycles. The Labute approximate surface area is 203 Å². The first-order valence-electron chi connectivity index (χ1n) is 10.9. The molecular formula is C24H22F3N5O4. The Morgan fingerprint density at radius 1 is 1.06 bits per heavy atom. The lowest BCUT2D eigenvalue weighted by Crippen LogP contribution is -2.38. The van der Waals surface area contributed by atoms with E-state index in [2.05, 4.69) is 20.6 Å². The Morgan fingerprint density at radius 3 is 2.61 bits per heavy atom. The zero-order valence-corrected chi connectivity index (χ0v) is 19.3. The summed E-state index contributed by atoms with van der Waals surface area (Å²) < 4.78 is 56.3. The topological polar surface area (TPSA) is 99.9 Å². The van der Waals surface area contributed by atoms with Crippen molar-refractivity contribution in [1.29, 1.82) is 0 Å². The predicted molar refractivity (Wildman–Crippen MR) is 123 cm³/mol. The van der Waals surface area contributed by atoms with Crippen LogP contribution in [0.15, 0.2) is 60.7 Å². The van der Waals surface area contributed by atoms with Crippen LogP contribution in [0.25, 0.3) is 17.0 Å². The number of halogens is 3. The lowest BCUT2D eigenvalue weighted by Gasteiger charge is -2.16. The number of rotatable bonds is 9. The van der Waals surface area contributed by atoms with Gasteiger partial charge >= 0.3 is 6.18 Å². The highest BCUT2D eigenvalue weighted by Gasteiger charge is 2.30. The number of aromatic nitrogens is 4. The minimum Gasteiger partial charge on any atom is -0.497 e. The van der Waals surface area contributed by atoms with Crippen LogP contribution < -0.4 is 19.5 Å². The van der Waals surface area contributed by atoms with Crippen LogP contribution in [0.3, 0.4) is 0 Å². The summed E-state index contributed by atoms with van der Waals surface area (Å²) in [6.07, 6.45) is -5.51. The highest BCUT2D eigenvalue weighted by Crippen LogP contribution is 2.31. The molecule has 36 heavy (non-hydrogen) atoms. The van der Waals surface area contributed by atoms with Gasteiger partial charge in [0, 0.05) is 11.6 Å². The summed E-state index contributed by atoms with van der Waals surface area (Å²) >= 11 is 0. The van der Waals surface area contributed by atoms with Crippen molar-refractivity contribution in [2.24, 2.45) is 0 Å². The SMILES string of the molecule is COc1cccc(-c2nnc3ccc(OCCNC(=O)C(C)Oc4cccc(C(F)(F)F)c4)nn23)c1. The van der Waals surface area contributed by atoms with E-state index in [4.69, 9.17) is 14.2 Å². The van der Waals surface area contributed by atoms with Gasteiger partial charge in [0.1, 0.15) is 18.1 Å². The Kier molecular flexibility index (Phi) is 7.23. The molecule has 0 fully saturated rings. The molecule has 0 radical (unpaired) electrons. The van der Waals surface area contributed by atoms with Gasteiger partial charge in [0.25, 0.3) is 5.91 Å². The molecule has 4 aromatic rings. The molecular weight excluding hydrogens is 479 g/mol. The van der Waals surface area contributed by atoms with Gasteiger partial charge in [0.2, 0.25) is 5.88 Å². The van der Waals surface area contributed by atoms with E-state index >= 15 is 0 Å². The minimum atomic E-state index is -4.50. The summed E-state index contributed by atoms with van der Waals surface area (Å²) in [7, 11) is 1.57. The molecule has 1 unspecified atom stereocenters. The Balaban J connectivity index is 1.32. The quantitative estimate of drug-likeness (QED) is 0.349. The molecule has 0 aliphatic rings. The molecule has 4 rings (SSSR count). The Hall–Kier alpha value is -4.35. The number of nitrogens with one attached hydrogen (secondary N) is 1. The van der Waals surface area contributed by atoms with E-state index in [-0.39, 0.29) is 24.8 Å². The van der Waals surface area contributed by atoms with Gasteiger partial charge in [-0.2, -0.15) is 17.7 Å². The molecule has 0 saturated carbocycles. The molecule has 0 saturated heterocycles. The molecule has 9 nitrogen and oxygen atoms in total.